The quantitative estimate of drug-likeness (QED) is 0.149. The van der Waals surface area contributed by atoms with E-state index in [9.17, 15) is 0 Å². The highest BCUT2D eigenvalue weighted by atomic mass is 32.2. The molecule has 0 saturated heterocycles. The van der Waals surface area contributed by atoms with Crippen molar-refractivity contribution < 1.29 is 12.6 Å². The van der Waals surface area contributed by atoms with Crippen LogP contribution in [-0.4, -0.2) is 27.6 Å². The smallest absolute Gasteiger partial charge is 0.207 e. The van der Waals surface area contributed by atoms with Gasteiger partial charge in [0.1, 0.15) is 0 Å². The van der Waals surface area contributed by atoms with Gasteiger partial charge in [-0.15, -0.1) is 0 Å². The minimum absolute atomic E-state index is 0.291. The molecule has 5 nitrogen and oxygen atoms in total. The second kappa shape index (κ2) is 19.3. The van der Waals surface area contributed by atoms with Crippen molar-refractivity contribution in [3.05, 3.63) is 360 Å². The summed E-state index contributed by atoms with van der Waals surface area (Å²) in [6.07, 6.45) is 0. The van der Waals surface area contributed by atoms with Crippen molar-refractivity contribution in [1.29, 1.82) is 0 Å². The molecule has 0 N–H and O–H groups in total. The first kappa shape index (κ1) is 52.3. The lowest BCUT2D eigenvalue weighted by molar-refractivity contribution is 0.579. The van der Waals surface area contributed by atoms with Gasteiger partial charge in [0, 0.05) is 63.4 Å². The van der Waals surface area contributed by atoms with E-state index in [1.54, 1.807) is 6.07 Å². The van der Waals surface area contributed by atoms with Gasteiger partial charge < -0.3 is 9.13 Å². The van der Waals surface area contributed by atoms with E-state index in [-0.39, 0.29) is 0 Å². The molecular weight excluding hydrogens is 1140 g/mol. The molecule has 0 spiro atoms. The molecule has 7 heteroatoms. The van der Waals surface area contributed by atoms with E-state index < -0.39 is 30.2 Å². The third-order valence-corrected chi connectivity index (χ3v) is 23.6. The van der Waals surface area contributed by atoms with Crippen LogP contribution < -0.4 is 0 Å². The first-order chi connectivity index (χ1) is 44.2. The third kappa shape index (κ3) is 6.99. The zero-order valence-corrected chi connectivity index (χ0v) is 50.3. The summed E-state index contributed by atoms with van der Waals surface area (Å²) in [4.78, 5) is 2.06. The molecule has 0 bridgehead atoms. The number of hydrogen-bond donors (Lipinski definition) is 0. The molecular formula is C83H54N2O3S2. The average Bonchev–Trinajstić information content (AvgIpc) is 1.22. The highest BCUT2D eigenvalue weighted by molar-refractivity contribution is 8.00. The van der Waals surface area contributed by atoms with Crippen LogP contribution in [0.15, 0.2) is 335 Å². The Balaban J connectivity index is 0.867. The molecule has 2 aliphatic rings. The normalized spacial score (nSPS) is 16.0. The highest BCUT2D eigenvalue weighted by Gasteiger charge is 2.52. The summed E-state index contributed by atoms with van der Waals surface area (Å²) >= 11 is 0. The fraction of sp³-hybridized carbons (Fsp3) is 0.0241. The lowest BCUT2D eigenvalue weighted by atomic mass is 9.64. The van der Waals surface area contributed by atoms with Gasteiger partial charge in [0.25, 0.3) is 0 Å². The summed E-state index contributed by atoms with van der Waals surface area (Å²) < 4.78 is 51.7. The van der Waals surface area contributed by atoms with Crippen LogP contribution in [0.3, 0.4) is 0 Å². The Morgan fingerprint density at radius 3 is 1.09 bits per heavy atom. The van der Waals surface area contributed by atoms with Crippen molar-refractivity contribution in [1.82, 2.24) is 9.13 Å². The van der Waals surface area contributed by atoms with Crippen molar-refractivity contribution in [2.75, 3.05) is 0 Å². The minimum atomic E-state index is -4.04. The molecule has 2 aromatic heterocycles. The Morgan fingerprint density at radius 2 is 0.644 bits per heavy atom. The van der Waals surface area contributed by atoms with Gasteiger partial charge in [-0.3, -0.25) is 4.21 Å². The molecule has 90 heavy (non-hydrogen) atoms. The standard InChI is InChI=1S/C83H54N2O3S2/c1-89(86)72-36-20-18-34-68(72)82(58-24-6-2-7-25-58,59-26-8-3-9-27-59)78-74(89)52-48-66-76-64-32-16-14-22-56(64)42-50-70(76)84(80(66)78)62-44-38-54(39-45-62)55-40-46-63(47-41-55)85-71-51-43-57-23-15-17-33-65(57)77(71)67-49-53-75-79(81(67)85)83(60-28-10-4-11-29-60,61-30-12-5-13-31-61)69-35-19-21-37-73(69)90(75,87)88/h2-53H,1H2. The van der Waals surface area contributed by atoms with Gasteiger partial charge in [-0.05, 0) is 133 Å². The molecule has 2 aliphatic heterocycles. The number of nitrogens with zero attached hydrogens (tertiary/aromatic N) is 2. The molecule has 0 amide bonds. The summed E-state index contributed by atoms with van der Waals surface area (Å²) in [6, 6.07) is 110. The van der Waals surface area contributed by atoms with Crippen molar-refractivity contribution in [2.24, 2.45) is 0 Å². The van der Waals surface area contributed by atoms with Crippen molar-refractivity contribution in [3.63, 3.8) is 0 Å². The Bertz CT molecular complexity index is 5450. The van der Waals surface area contributed by atoms with E-state index in [1.807, 2.05) is 54.6 Å². The van der Waals surface area contributed by atoms with Crippen LogP contribution in [-0.2, 0) is 30.2 Å². The molecule has 16 aromatic rings. The van der Waals surface area contributed by atoms with Crippen LogP contribution in [0, 0.1) is 0 Å². The first-order valence-corrected chi connectivity index (χ1v) is 33.6. The van der Waals surface area contributed by atoms with Gasteiger partial charge in [0.2, 0.25) is 9.84 Å². The minimum Gasteiger partial charge on any atom is -0.309 e. The first-order valence-electron chi connectivity index (χ1n) is 30.4. The number of benzene rings is 14. The molecule has 0 saturated carbocycles. The lowest BCUT2D eigenvalue weighted by Crippen LogP contribution is -2.38. The Labute approximate surface area is 521 Å². The largest absolute Gasteiger partial charge is 0.309 e. The van der Waals surface area contributed by atoms with Crippen molar-refractivity contribution >= 4 is 90.4 Å². The highest BCUT2D eigenvalue weighted by Crippen LogP contribution is 2.59. The topological polar surface area (TPSA) is 61.1 Å². The number of aromatic nitrogens is 2. The summed E-state index contributed by atoms with van der Waals surface area (Å²) in [7, 11) is -7.09. The van der Waals surface area contributed by atoms with Gasteiger partial charge in [-0.1, -0.05) is 255 Å². The second-order valence-electron chi connectivity index (χ2n) is 23.9. The van der Waals surface area contributed by atoms with Crippen LogP contribution in [0.4, 0.5) is 0 Å². The van der Waals surface area contributed by atoms with Crippen LogP contribution in [0.2, 0.25) is 0 Å². The predicted octanol–water partition coefficient (Wildman–Crippen LogP) is 19.2. The summed E-state index contributed by atoms with van der Waals surface area (Å²) in [5.41, 5.74) is 13.2. The van der Waals surface area contributed by atoms with Crippen LogP contribution in [0.1, 0.15) is 44.5 Å². The maximum atomic E-state index is 15.9. The molecule has 0 fully saturated rings. The Morgan fingerprint density at radius 1 is 0.289 bits per heavy atom. The van der Waals surface area contributed by atoms with Gasteiger partial charge in [0.05, 0.1) is 42.7 Å². The van der Waals surface area contributed by atoms with Crippen LogP contribution in [0.25, 0.3) is 87.7 Å². The Hall–Kier alpha value is -10.8. The van der Waals surface area contributed by atoms with E-state index in [0.717, 1.165) is 142 Å². The number of fused-ring (bicyclic) bond motifs is 16. The number of sulfone groups is 1. The van der Waals surface area contributed by atoms with Gasteiger partial charge in [-0.2, -0.15) is 0 Å². The van der Waals surface area contributed by atoms with Gasteiger partial charge in [0.15, 0.2) is 0 Å². The zero-order valence-electron chi connectivity index (χ0n) is 48.7. The van der Waals surface area contributed by atoms with Crippen LogP contribution >= 0.6 is 0 Å². The summed E-state index contributed by atoms with van der Waals surface area (Å²) in [6.45, 7) is 0. The maximum absolute atomic E-state index is 15.9. The molecule has 14 aromatic carbocycles. The van der Waals surface area contributed by atoms with E-state index in [1.165, 1.54) is 0 Å². The third-order valence-electron chi connectivity index (χ3n) is 19.6. The average molecular weight is 1190 g/mol. The Kier molecular flexibility index (Phi) is 11.2. The summed E-state index contributed by atoms with van der Waals surface area (Å²) in [5.74, 6) is 4.64. The van der Waals surface area contributed by atoms with E-state index in [2.05, 4.69) is 270 Å². The van der Waals surface area contributed by atoms with E-state index >= 15 is 12.6 Å². The zero-order chi connectivity index (χ0) is 60.1. The van der Waals surface area contributed by atoms with Crippen molar-refractivity contribution in [3.8, 4) is 22.5 Å². The van der Waals surface area contributed by atoms with E-state index in [0.29, 0.717) is 9.79 Å². The molecule has 18 rings (SSSR count). The number of rotatable bonds is 7. The van der Waals surface area contributed by atoms with E-state index in [4.69, 9.17) is 0 Å². The molecule has 0 radical (unpaired) electrons. The molecule has 4 heterocycles. The monoisotopic (exact) mass is 1190 g/mol. The van der Waals surface area contributed by atoms with Gasteiger partial charge >= 0.3 is 0 Å². The van der Waals surface area contributed by atoms with Crippen molar-refractivity contribution in [2.45, 2.75) is 30.4 Å². The lowest BCUT2D eigenvalue weighted by Gasteiger charge is -2.43. The molecule has 0 aliphatic carbocycles. The van der Waals surface area contributed by atoms with Gasteiger partial charge in [-0.25, -0.2) is 8.42 Å². The molecule has 1 unspecified atom stereocenters. The molecule has 426 valence electrons. The van der Waals surface area contributed by atoms with Crippen LogP contribution in [0.5, 0.6) is 0 Å². The fourth-order valence-electron chi connectivity index (χ4n) is 15.9. The summed E-state index contributed by atoms with van der Waals surface area (Å²) in [5, 5.41) is 8.69. The second-order valence-corrected chi connectivity index (χ2v) is 28.0. The maximum Gasteiger partial charge on any atom is 0.207 e. The SMILES string of the molecule is C=S1(=O)c2ccccc2C(c2ccccc2)(c2ccccc2)c2c1ccc1c3c4ccccc4ccc3n(-c3ccc(-c4ccc(-n5c6ccc7ccccc7c6c6ccc7c(c65)C(c5ccccc5)(c5ccccc5)c5ccccc5S7(=O)=O)cc4)cc3)c21. The predicted molar refractivity (Wildman–Crippen MR) is 369 cm³/mol. The fourth-order valence-corrected chi connectivity index (χ4v) is 19.7. The molecule has 1 atom stereocenters. The number of hydrogen-bond acceptors (Lipinski definition) is 3.